The molecule has 2 heterocycles. The maximum atomic E-state index is 13.1. The van der Waals surface area contributed by atoms with Gasteiger partial charge in [0.25, 0.3) is 0 Å². The van der Waals surface area contributed by atoms with Gasteiger partial charge in [-0.1, -0.05) is 6.07 Å². The van der Waals surface area contributed by atoms with Crippen LogP contribution in [-0.2, 0) is 0 Å². The molecule has 0 amide bonds. The second-order valence-electron chi connectivity index (χ2n) is 4.24. The molecule has 0 aliphatic heterocycles. The molecule has 0 saturated carbocycles. The molecule has 1 aromatic carbocycles. The third-order valence-electron chi connectivity index (χ3n) is 2.86. The van der Waals surface area contributed by atoms with Crippen LogP contribution in [0.3, 0.4) is 0 Å². The maximum Gasteiger partial charge on any atom is 0.341 e. The number of aromatic carboxylic acids is 1. The Morgan fingerprint density at radius 3 is 2.86 bits per heavy atom. The average Bonchev–Trinajstić information content (AvgIpc) is 2.49. The molecule has 6 heteroatoms. The lowest BCUT2D eigenvalue weighted by Crippen LogP contribution is -2.03. The van der Waals surface area contributed by atoms with Gasteiger partial charge in [0.2, 0.25) is 5.88 Å². The number of carbonyl (C=O) groups is 1. The fourth-order valence-corrected chi connectivity index (χ4v) is 1.93. The Balaban J connectivity index is 2.09. The van der Waals surface area contributed by atoms with Crippen molar-refractivity contribution in [3.05, 3.63) is 60.2 Å². The summed E-state index contributed by atoms with van der Waals surface area (Å²) in [5, 5.41) is 9.79. The summed E-state index contributed by atoms with van der Waals surface area (Å²) in [5.74, 6) is -1.81. The van der Waals surface area contributed by atoms with Crippen molar-refractivity contribution in [1.82, 2.24) is 9.97 Å². The van der Waals surface area contributed by atoms with Gasteiger partial charge in [0.1, 0.15) is 17.1 Å². The minimum atomic E-state index is -1.31. The number of hydrogen-bond acceptors (Lipinski definition) is 4. The van der Waals surface area contributed by atoms with E-state index in [1.807, 2.05) is 0 Å². The number of aromatic nitrogens is 2. The van der Waals surface area contributed by atoms with E-state index in [0.717, 1.165) is 12.3 Å². The van der Waals surface area contributed by atoms with E-state index in [2.05, 4.69) is 9.97 Å². The Hall–Kier alpha value is -3.02. The second kappa shape index (κ2) is 5.16. The number of pyridine rings is 2. The number of ether oxygens (including phenoxy) is 1. The van der Waals surface area contributed by atoms with E-state index in [4.69, 9.17) is 9.84 Å². The third kappa shape index (κ3) is 2.51. The third-order valence-corrected chi connectivity index (χ3v) is 2.86. The molecule has 3 aromatic rings. The SMILES string of the molecule is O=C(O)c1cc(F)cnc1Oc1cccc2ncccc12. The molecule has 0 unspecified atom stereocenters. The van der Waals surface area contributed by atoms with Gasteiger partial charge >= 0.3 is 5.97 Å². The van der Waals surface area contributed by atoms with Crippen LogP contribution in [0.15, 0.2) is 48.8 Å². The summed E-state index contributed by atoms with van der Waals surface area (Å²) in [7, 11) is 0. The number of rotatable bonds is 3. The first-order valence-electron chi connectivity index (χ1n) is 6.05. The van der Waals surface area contributed by atoms with Crippen LogP contribution in [0.1, 0.15) is 10.4 Å². The molecule has 0 aliphatic rings. The van der Waals surface area contributed by atoms with Gasteiger partial charge in [-0.2, -0.15) is 0 Å². The van der Waals surface area contributed by atoms with E-state index in [-0.39, 0.29) is 11.4 Å². The molecule has 0 spiro atoms. The van der Waals surface area contributed by atoms with E-state index in [1.54, 1.807) is 36.5 Å². The summed E-state index contributed by atoms with van der Waals surface area (Å²) in [5.41, 5.74) is 0.366. The van der Waals surface area contributed by atoms with Crippen molar-refractivity contribution in [2.75, 3.05) is 0 Å². The summed E-state index contributed by atoms with van der Waals surface area (Å²) in [6, 6.07) is 9.61. The van der Waals surface area contributed by atoms with Crippen molar-refractivity contribution in [2.45, 2.75) is 0 Å². The number of hydrogen-bond donors (Lipinski definition) is 1. The standard InChI is InChI=1S/C15H9FN2O3/c16-9-7-11(15(19)20)14(18-8-9)21-13-5-1-4-12-10(13)3-2-6-17-12/h1-8H,(H,19,20). The largest absolute Gasteiger partial charge is 0.477 e. The highest BCUT2D eigenvalue weighted by molar-refractivity contribution is 5.91. The van der Waals surface area contributed by atoms with E-state index in [0.29, 0.717) is 16.7 Å². The lowest BCUT2D eigenvalue weighted by Gasteiger charge is -2.09. The van der Waals surface area contributed by atoms with Crippen LogP contribution in [-0.4, -0.2) is 21.0 Å². The molecule has 0 radical (unpaired) electrons. The first-order valence-corrected chi connectivity index (χ1v) is 6.05. The van der Waals surface area contributed by atoms with Crippen molar-refractivity contribution < 1.29 is 19.0 Å². The van der Waals surface area contributed by atoms with Gasteiger partial charge in [-0.3, -0.25) is 4.98 Å². The summed E-state index contributed by atoms with van der Waals surface area (Å²) >= 11 is 0. The van der Waals surface area contributed by atoms with E-state index in [1.165, 1.54) is 0 Å². The van der Waals surface area contributed by atoms with E-state index < -0.39 is 11.8 Å². The molecule has 0 saturated heterocycles. The molecule has 5 nitrogen and oxygen atoms in total. The van der Waals surface area contributed by atoms with Gasteiger partial charge in [-0.25, -0.2) is 14.2 Å². The quantitative estimate of drug-likeness (QED) is 0.799. The van der Waals surface area contributed by atoms with Gasteiger partial charge in [0.15, 0.2) is 0 Å². The number of nitrogens with zero attached hydrogens (tertiary/aromatic N) is 2. The van der Waals surface area contributed by atoms with Crippen molar-refractivity contribution in [2.24, 2.45) is 0 Å². The second-order valence-corrected chi connectivity index (χ2v) is 4.24. The first-order chi connectivity index (χ1) is 10.1. The molecule has 1 N–H and O–H groups in total. The van der Waals surface area contributed by atoms with Crippen molar-refractivity contribution in [1.29, 1.82) is 0 Å². The Bertz CT molecular complexity index is 831. The topological polar surface area (TPSA) is 72.3 Å². The normalized spacial score (nSPS) is 10.5. The maximum absolute atomic E-state index is 13.1. The van der Waals surface area contributed by atoms with Gasteiger partial charge in [0, 0.05) is 11.6 Å². The molecule has 0 fully saturated rings. The Labute approximate surface area is 118 Å². The van der Waals surface area contributed by atoms with Crippen LogP contribution in [0.2, 0.25) is 0 Å². The van der Waals surface area contributed by atoms with E-state index in [9.17, 15) is 9.18 Å². The number of fused-ring (bicyclic) bond motifs is 1. The van der Waals surface area contributed by atoms with Crippen LogP contribution in [0.5, 0.6) is 11.6 Å². The fraction of sp³-hybridized carbons (Fsp3) is 0. The predicted molar refractivity (Wildman–Crippen MR) is 73.0 cm³/mol. The zero-order valence-electron chi connectivity index (χ0n) is 10.7. The zero-order chi connectivity index (χ0) is 14.8. The van der Waals surface area contributed by atoms with Crippen LogP contribution in [0.4, 0.5) is 4.39 Å². The van der Waals surface area contributed by atoms with Crippen LogP contribution in [0, 0.1) is 5.82 Å². The van der Waals surface area contributed by atoms with Crippen LogP contribution in [0.25, 0.3) is 10.9 Å². The summed E-state index contributed by atoms with van der Waals surface area (Å²) < 4.78 is 18.6. The van der Waals surface area contributed by atoms with Gasteiger partial charge in [-0.05, 0) is 30.3 Å². The molecule has 2 aromatic heterocycles. The molecular formula is C15H9FN2O3. The van der Waals surface area contributed by atoms with Crippen molar-refractivity contribution in [3.63, 3.8) is 0 Å². The highest BCUT2D eigenvalue weighted by Crippen LogP contribution is 2.29. The number of benzene rings is 1. The fourth-order valence-electron chi connectivity index (χ4n) is 1.93. The Kier molecular flexibility index (Phi) is 3.19. The van der Waals surface area contributed by atoms with E-state index >= 15 is 0 Å². The number of carboxylic acid groups (broad SMARTS) is 1. The summed E-state index contributed by atoms with van der Waals surface area (Å²) in [6.45, 7) is 0. The minimum absolute atomic E-state index is 0.166. The molecular weight excluding hydrogens is 275 g/mol. The Morgan fingerprint density at radius 2 is 2.05 bits per heavy atom. The zero-order valence-corrected chi connectivity index (χ0v) is 10.7. The Morgan fingerprint density at radius 1 is 1.19 bits per heavy atom. The summed E-state index contributed by atoms with van der Waals surface area (Å²) in [4.78, 5) is 19.0. The van der Waals surface area contributed by atoms with Gasteiger partial charge in [0.05, 0.1) is 11.7 Å². The van der Waals surface area contributed by atoms with Crippen LogP contribution >= 0.6 is 0 Å². The highest BCUT2D eigenvalue weighted by atomic mass is 19.1. The summed E-state index contributed by atoms with van der Waals surface area (Å²) in [6.07, 6.45) is 2.55. The molecule has 104 valence electrons. The lowest BCUT2D eigenvalue weighted by atomic mass is 10.2. The highest BCUT2D eigenvalue weighted by Gasteiger charge is 2.16. The number of carboxylic acids is 1. The molecule has 3 rings (SSSR count). The minimum Gasteiger partial charge on any atom is -0.477 e. The van der Waals surface area contributed by atoms with Gasteiger partial charge in [-0.15, -0.1) is 0 Å². The predicted octanol–water partition coefficient (Wildman–Crippen LogP) is 3.26. The first kappa shape index (κ1) is 13.0. The van der Waals surface area contributed by atoms with Gasteiger partial charge < -0.3 is 9.84 Å². The van der Waals surface area contributed by atoms with Crippen LogP contribution < -0.4 is 4.74 Å². The molecule has 0 bridgehead atoms. The lowest BCUT2D eigenvalue weighted by molar-refractivity contribution is 0.0692. The molecule has 0 atom stereocenters. The number of halogens is 1. The van der Waals surface area contributed by atoms with Crippen molar-refractivity contribution in [3.8, 4) is 11.6 Å². The van der Waals surface area contributed by atoms with Crippen molar-refractivity contribution >= 4 is 16.9 Å². The average molecular weight is 284 g/mol. The molecule has 0 aliphatic carbocycles. The smallest absolute Gasteiger partial charge is 0.341 e. The monoisotopic (exact) mass is 284 g/mol. The molecule has 21 heavy (non-hydrogen) atoms.